The highest BCUT2D eigenvalue weighted by molar-refractivity contribution is 5.88. The van der Waals surface area contributed by atoms with Gasteiger partial charge in [-0.3, -0.25) is 5.32 Å². The van der Waals surface area contributed by atoms with Gasteiger partial charge in [-0.15, -0.1) is 0 Å². The first-order valence-corrected chi connectivity index (χ1v) is 8.51. The van der Waals surface area contributed by atoms with Crippen LogP contribution in [-0.4, -0.2) is 16.0 Å². The summed E-state index contributed by atoms with van der Waals surface area (Å²) in [6.07, 6.45) is 0.909. The van der Waals surface area contributed by atoms with Crippen LogP contribution in [0.3, 0.4) is 0 Å². The lowest BCUT2D eigenvalue weighted by Gasteiger charge is -2.10. The minimum absolute atomic E-state index is 0.0537. The van der Waals surface area contributed by atoms with Gasteiger partial charge in [0, 0.05) is 12.1 Å². The zero-order valence-electron chi connectivity index (χ0n) is 15.1. The number of hydrogen-bond acceptors (Lipinski definition) is 4. The molecule has 0 saturated heterocycles. The van der Waals surface area contributed by atoms with Crippen LogP contribution in [0.1, 0.15) is 16.7 Å². The normalized spacial score (nSPS) is 10.4. The van der Waals surface area contributed by atoms with Gasteiger partial charge in [-0.2, -0.15) is 4.98 Å². The van der Waals surface area contributed by atoms with Gasteiger partial charge in [0.25, 0.3) is 0 Å². The molecule has 1 aromatic heterocycles. The maximum absolute atomic E-state index is 13.9. The van der Waals surface area contributed by atoms with E-state index in [4.69, 9.17) is 4.74 Å². The molecule has 0 unspecified atom stereocenters. The molecule has 0 aliphatic heterocycles. The van der Waals surface area contributed by atoms with Gasteiger partial charge in [-0.25, -0.2) is 18.6 Å². The van der Waals surface area contributed by atoms with Gasteiger partial charge in [-0.05, 0) is 24.1 Å². The molecule has 0 saturated carbocycles. The molecular weight excluding hydrogens is 366 g/mol. The minimum atomic E-state index is -0.815. The predicted octanol–water partition coefficient (Wildman–Crippen LogP) is 3.96. The van der Waals surface area contributed by atoms with Crippen LogP contribution in [0.4, 0.5) is 19.4 Å². The van der Waals surface area contributed by atoms with Crippen molar-refractivity contribution < 1.29 is 18.3 Å². The van der Waals surface area contributed by atoms with Gasteiger partial charge in [0.1, 0.15) is 12.4 Å². The molecule has 2 amide bonds. The number of halogens is 2. The Morgan fingerprint density at radius 2 is 1.75 bits per heavy atom. The molecule has 0 atom stereocenters. The molecule has 2 N–H and O–H groups in total. The molecule has 0 radical (unpaired) electrons. The zero-order valence-corrected chi connectivity index (χ0v) is 15.1. The predicted molar refractivity (Wildman–Crippen MR) is 99.8 cm³/mol. The summed E-state index contributed by atoms with van der Waals surface area (Å²) in [5.74, 6) is -1.59. The van der Waals surface area contributed by atoms with Crippen molar-refractivity contribution in [2.45, 2.75) is 20.1 Å². The number of hydrogen-bond donors (Lipinski definition) is 2. The Labute approximate surface area is 160 Å². The molecule has 3 rings (SSSR count). The number of rotatable bonds is 6. The number of ether oxygens (including phenoxy) is 1. The van der Waals surface area contributed by atoms with Crippen molar-refractivity contribution >= 4 is 11.8 Å². The monoisotopic (exact) mass is 384 g/mol. The van der Waals surface area contributed by atoms with Crippen molar-refractivity contribution in [1.29, 1.82) is 0 Å². The maximum atomic E-state index is 13.9. The third-order valence-electron chi connectivity index (χ3n) is 3.97. The molecule has 8 heteroatoms. The Bertz CT molecular complexity index is 982. The van der Waals surface area contributed by atoms with Gasteiger partial charge in [0.2, 0.25) is 0 Å². The van der Waals surface area contributed by atoms with E-state index in [-0.39, 0.29) is 25.0 Å². The number of carbonyl (C=O) groups is 1. The van der Waals surface area contributed by atoms with Crippen molar-refractivity contribution in [2.24, 2.45) is 0 Å². The van der Waals surface area contributed by atoms with E-state index in [2.05, 4.69) is 20.6 Å². The highest BCUT2D eigenvalue weighted by atomic mass is 19.1. The van der Waals surface area contributed by atoms with Gasteiger partial charge >= 0.3 is 12.0 Å². The Hall–Kier alpha value is -3.55. The minimum Gasteiger partial charge on any atom is -0.459 e. The van der Waals surface area contributed by atoms with E-state index in [9.17, 15) is 13.6 Å². The standard InChI is InChI=1S/C20H18F2N4O2/c1-13-6-2-3-8-15(13)12-28-20-24-11-17(22)18(26-20)25-19(27)23-10-14-7-4-5-9-16(14)21/h2-9,11H,10,12H2,1H3,(H2,23,24,25,26,27). The number of aryl methyl sites for hydroxylation is 1. The third kappa shape index (κ3) is 5.00. The summed E-state index contributed by atoms with van der Waals surface area (Å²) >= 11 is 0. The summed E-state index contributed by atoms with van der Waals surface area (Å²) in [5, 5.41) is 4.71. The number of carbonyl (C=O) groups excluding carboxylic acids is 1. The molecule has 0 fully saturated rings. The number of aromatic nitrogens is 2. The number of urea groups is 1. The second kappa shape index (κ2) is 8.90. The average molecular weight is 384 g/mol. The van der Waals surface area contributed by atoms with Crippen molar-refractivity contribution in [3.63, 3.8) is 0 Å². The quantitative estimate of drug-likeness (QED) is 0.674. The van der Waals surface area contributed by atoms with Gasteiger partial charge < -0.3 is 10.1 Å². The number of nitrogens with zero attached hydrogens (tertiary/aromatic N) is 2. The van der Waals surface area contributed by atoms with Gasteiger partial charge in [-0.1, -0.05) is 42.5 Å². The van der Waals surface area contributed by atoms with E-state index in [1.165, 1.54) is 6.07 Å². The van der Waals surface area contributed by atoms with Crippen molar-refractivity contribution in [3.8, 4) is 6.01 Å². The van der Waals surface area contributed by atoms with Gasteiger partial charge in [0.05, 0.1) is 6.20 Å². The molecule has 144 valence electrons. The summed E-state index contributed by atoms with van der Waals surface area (Å²) in [6, 6.07) is 12.9. The number of benzene rings is 2. The first kappa shape index (κ1) is 19.2. The molecule has 0 spiro atoms. The molecule has 28 heavy (non-hydrogen) atoms. The third-order valence-corrected chi connectivity index (χ3v) is 3.97. The Morgan fingerprint density at radius 1 is 1.04 bits per heavy atom. The Balaban J connectivity index is 1.60. The van der Waals surface area contributed by atoms with Crippen LogP contribution >= 0.6 is 0 Å². The lowest BCUT2D eigenvalue weighted by Crippen LogP contribution is -2.29. The van der Waals surface area contributed by atoms with E-state index in [1.807, 2.05) is 31.2 Å². The fourth-order valence-corrected chi connectivity index (χ4v) is 2.39. The Morgan fingerprint density at radius 3 is 2.50 bits per heavy atom. The topological polar surface area (TPSA) is 76.1 Å². The number of nitrogens with one attached hydrogen (secondary N) is 2. The summed E-state index contributed by atoms with van der Waals surface area (Å²) in [6.45, 7) is 2.09. The van der Waals surface area contributed by atoms with Crippen molar-refractivity contribution in [1.82, 2.24) is 15.3 Å². The van der Waals surface area contributed by atoms with Gasteiger partial charge in [0.15, 0.2) is 11.6 Å². The maximum Gasteiger partial charge on any atom is 0.320 e. The summed E-state index contributed by atoms with van der Waals surface area (Å²) < 4.78 is 33.0. The van der Waals surface area contributed by atoms with E-state index in [0.29, 0.717) is 5.56 Å². The van der Waals surface area contributed by atoms with E-state index >= 15 is 0 Å². The van der Waals surface area contributed by atoms with Crippen LogP contribution in [0.5, 0.6) is 6.01 Å². The molecule has 6 nitrogen and oxygen atoms in total. The van der Waals surface area contributed by atoms with E-state index < -0.39 is 17.7 Å². The summed E-state index contributed by atoms with van der Waals surface area (Å²) in [7, 11) is 0. The van der Waals surface area contributed by atoms with Crippen LogP contribution in [0.25, 0.3) is 0 Å². The lowest BCUT2D eigenvalue weighted by molar-refractivity contribution is 0.251. The first-order chi connectivity index (χ1) is 13.5. The molecule has 0 aliphatic carbocycles. The molecular formula is C20H18F2N4O2. The number of amides is 2. The Kier molecular flexibility index (Phi) is 6.11. The second-order valence-electron chi connectivity index (χ2n) is 5.96. The fourth-order valence-electron chi connectivity index (χ4n) is 2.39. The van der Waals surface area contributed by atoms with Crippen molar-refractivity contribution in [2.75, 3.05) is 5.32 Å². The molecule has 0 aliphatic rings. The highest BCUT2D eigenvalue weighted by Gasteiger charge is 2.12. The van der Waals surface area contributed by atoms with Crippen molar-refractivity contribution in [3.05, 3.63) is 83.1 Å². The summed E-state index contributed by atoms with van der Waals surface area (Å²) in [5.41, 5.74) is 2.28. The average Bonchev–Trinajstić information content (AvgIpc) is 2.69. The largest absolute Gasteiger partial charge is 0.459 e. The van der Waals surface area contributed by atoms with Crippen LogP contribution in [0, 0.1) is 18.6 Å². The molecule has 1 heterocycles. The summed E-state index contributed by atoms with van der Waals surface area (Å²) in [4.78, 5) is 19.6. The second-order valence-corrected chi connectivity index (χ2v) is 5.96. The molecule has 2 aromatic carbocycles. The highest BCUT2D eigenvalue weighted by Crippen LogP contribution is 2.15. The van der Waals surface area contributed by atoms with Crippen LogP contribution in [0.15, 0.2) is 54.7 Å². The number of anilines is 1. The SMILES string of the molecule is Cc1ccccc1COc1ncc(F)c(NC(=O)NCc2ccccc2F)n1. The lowest BCUT2D eigenvalue weighted by atomic mass is 10.1. The molecule has 3 aromatic rings. The fraction of sp³-hybridized carbons (Fsp3) is 0.150. The first-order valence-electron chi connectivity index (χ1n) is 8.51. The molecule has 0 bridgehead atoms. The van der Waals surface area contributed by atoms with Crippen LogP contribution in [-0.2, 0) is 13.2 Å². The zero-order chi connectivity index (χ0) is 19.9. The van der Waals surface area contributed by atoms with Crippen LogP contribution in [0.2, 0.25) is 0 Å². The van der Waals surface area contributed by atoms with E-state index in [0.717, 1.165) is 17.3 Å². The van der Waals surface area contributed by atoms with Crippen LogP contribution < -0.4 is 15.4 Å². The smallest absolute Gasteiger partial charge is 0.320 e. The van der Waals surface area contributed by atoms with E-state index in [1.54, 1.807) is 18.2 Å².